The van der Waals surface area contributed by atoms with Gasteiger partial charge < -0.3 is 5.73 Å². The highest BCUT2D eigenvalue weighted by molar-refractivity contribution is 14.1. The second kappa shape index (κ2) is 4.61. The zero-order chi connectivity index (χ0) is 10.0. The van der Waals surface area contributed by atoms with Crippen LogP contribution < -0.4 is 5.73 Å². The van der Waals surface area contributed by atoms with E-state index in [9.17, 15) is 8.78 Å². The van der Waals surface area contributed by atoms with Gasteiger partial charge in [0, 0.05) is 12.1 Å². The Balaban J connectivity index is 3.25. The molecule has 2 N–H and O–H groups in total. The fourth-order valence-corrected chi connectivity index (χ4v) is 1.83. The molecule has 1 aromatic heterocycles. The zero-order valence-electron chi connectivity index (χ0n) is 6.40. The maximum Gasteiger partial charge on any atom is 0.265 e. The summed E-state index contributed by atoms with van der Waals surface area (Å²) in [5.74, 6) is 0. The molecule has 0 amide bonds. The van der Waals surface area contributed by atoms with E-state index in [0.717, 1.165) is 0 Å². The largest absolute Gasteiger partial charge is 0.325 e. The minimum atomic E-state index is -2.50. The van der Waals surface area contributed by atoms with Crippen molar-refractivity contribution in [3.8, 4) is 0 Å². The lowest BCUT2D eigenvalue weighted by molar-refractivity contribution is 0.150. The maximum atomic E-state index is 12.4. The molecule has 0 spiro atoms. The number of hydrogen-bond donors (Lipinski definition) is 1. The van der Waals surface area contributed by atoms with E-state index in [1.54, 1.807) is 0 Å². The lowest BCUT2D eigenvalue weighted by atomic mass is 10.2. The fraction of sp³-hybridized carbons (Fsp3) is 0.286. The molecule has 0 radical (unpaired) electrons. The van der Waals surface area contributed by atoms with Crippen molar-refractivity contribution < 1.29 is 8.78 Å². The van der Waals surface area contributed by atoms with Gasteiger partial charge in [-0.3, -0.25) is 0 Å². The highest BCUT2D eigenvalue weighted by atomic mass is 127. The van der Waals surface area contributed by atoms with Crippen LogP contribution in [0.5, 0.6) is 0 Å². The van der Waals surface area contributed by atoms with Crippen LogP contribution in [0.1, 0.15) is 17.7 Å². The molecule has 0 unspecified atom stereocenters. The van der Waals surface area contributed by atoms with Crippen LogP contribution in [-0.4, -0.2) is 4.98 Å². The van der Waals surface area contributed by atoms with E-state index in [2.05, 4.69) is 20.9 Å². The molecule has 0 saturated heterocycles. The average molecular weight is 363 g/mol. The number of hydrogen-bond acceptors (Lipinski definition) is 2. The summed E-state index contributed by atoms with van der Waals surface area (Å²) in [7, 11) is 0. The van der Waals surface area contributed by atoms with Gasteiger partial charge >= 0.3 is 0 Å². The molecule has 0 saturated carbocycles. The molecule has 0 fully saturated rings. The number of nitrogens with zero attached hydrogens (tertiary/aromatic N) is 1. The highest BCUT2D eigenvalue weighted by Gasteiger charge is 2.15. The predicted octanol–water partition coefficient (Wildman–Crippen LogP) is 2.85. The van der Waals surface area contributed by atoms with Crippen molar-refractivity contribution >= 4 is 38.5 Å². The standard InChI is InChI=1S/C7H6BrF2IN2/c8-5-4(6(9)10)1-3(2-12)13-7(5)11/h1,6H,2,12H2. The number of nitrogens with two attached hydrogens (primary N) is 1. The normalized spacial score (nSPS) is 10.9. The Bertz CT molecular complexity index is 320. The second-order valence-electron chi connectivity index (χ2n) is 2.31. The van der Waals surface area contributed by atoms with E-state index in [1.165, 1.54) is 6.07 Å². The molecule has 1 aromatic rings. The van der Waals surface area contributed by atoms with Crippen LogP contribution in [0.3, 0.4) is 0 Å². The molecule has 0 bridgehead atoms. The number of aromatic nitrogens is 1. The predicted molar refractivity (Wildman–Crippen MR) is 57.5 cm³/mol. The third kappa shape index (κ3) is 2.57. The Labute approximate surface area is 96.2 Å². The minimum Gasteiger partial charge on any atom is -0.325 e. The van der Waals surface area contributed by atoms with Crippen molar-refractivity contribution in [2.24, 2.45) is 5.73 Å². The molecule has 0 aliphatic heterocycles. The van der Waals surface area contributed by atoms with Gasteiger partial charge in [0.15, 0.2) is 0 Å². The van der Waals surface area contributed by atoms with Crippen LogP contribution in [0.2, 0.25) is 0 Å². The van der Waals surface area contributed by atoms with Gasteiger partial charge in [-0.2, -0.15) is 0 Å². The van der Waals surface area contributed by atoms with Crippen molar-refractivity contribution in [3.63, 3.8) is 0 Å². The maximum absolute atomic E-state index is 12.4. The highest BCUT2D eigenvalue weighted by Crippen LogP contribution is 2.30. The van der Waals surface area contributed by atoms with Gasteiger partial charge in [0.2, 0.25) is 0 Å². The van der Waals surface area contributed by atoms with Gasteiger partial charge in [-0.1, -0.05) is 0 Å². The van der Waals surface area contributed by atoms with Crippen molar-refractivity contribution in [1.29, 1.82) is 0 Å². The Morgan fingerprint density at radius 3 is 2.69 bits per heavy atom. The molecule has 13 heavy (non-hydrogen) atoms. The Morgan fingerprint density at radius 2 is 2.23 bits per heavy atom. The van der Waals surface area contributed by atoms with Crippen LogP contribution in [0.4, 0.5) is 8.78 Å². The van der Waals surface area contributed by atoms with Gasteiger partial charge in [-0.15, -0.1) is 0 Å². The SMILES string of the molecule is NCc1cc(C(F)F)c(Br)c(I)n1. The van der Waals surface area contributed by atoms with Crippen LogP contribution in [0, 0.1) is 3.70 Å². The van der Waals surface area contributed by atoms with Crippen LogP contribution in [-0.2, 0) is 6.54 Å². The summed E-state index contributed by atoms with van der Waals surface area (Å²) in [6.07, 6.45) is -2.50. The number of pyridine rings is 1. The summed E-state index contributed by atoms with van der Waals surface area (Å²) in [6, 6.07) is 1.32. The monoisotopic (exact) mass is 362 g/mol. The van der Waals surface area contributed by atoms with E-state index >= 15 is 0 Å². The number of alkyl halides is 2. The van der Waals surface area contributed by atoms with Crippen molar-refractivity contribution in [3.05, 3.63) is 25.5 Å². The summed E-state index contributed by atoms with van der Waals surface area (Å²) in [5.41, 5.74) is 5.73. The first-order valence-electron chi connectivity index (χ1n) is 3.39. The first-order chi connectivity index (χ1) is 6.06. The smallest absolute Gasteiger partial charge is 0.265 e. The third-order valence-corrected chi connectivity index (χ3v) is 3.80. The lowest BCUT2D eigenvalue weighted by Crippen LogP contribution is -2.03. The summed E-state index contributed by atoms with van der Waals surface area (Å²) < 4.78 is 25.7. The van der Waals surface area contributed by atoms with E-state index in [1.807, 2.05) is 22.6 Å². The molecule has 1 heterocycles. The molecular weight excluding hydrogens is 357 g/mol. The first kappa shape index (κ1) is 11.3. The first-order valence-corrected chi connectivity index (χ1v) is 5.26. The topological polar surface area (TPSA) is 38.9 Å². The van der Waals surface area contributed by atoms with Crippen molar-refractivity contribution in [2.45, 2.75) is 13.0 Å². The van der Waals surface area contributed by atoms with Gasteiger partial charge in [0.05, 0.1) is 10.2 Å². The molecular formula is C7H6BrF2IN2. The third-order valence-electron chi connectivity index (χ3n) is 1.44. The van der Waals surface area contributed by atoms with Crippen LogP contribution >= 0.6 is 38.5 Å². The van der Waals surface area contributed by atoms with E-state index in [4.69, 9.17) is 5.73 Å². The summed E-state index contributed by atoms with van der Waals surface area (Å²) >= 11 is 4.94. The van der Waals surface area contributed by atoms with E-state index in [0.29, 0.717) is 13.9 Å². The Morgan fingerprint density at radius 1 is 1.62 bits per heavy atom. The molecule has 0 aliphatic carbocycles. The van der Waals surface area contributed by atoms with Gasteiger partial charge in [-0.05, 0) is 44.6 Å². The van der Waals surface area contributed by atoms with Crippen molar-refractivity contribution in [1.82, 2.24) is 4.98 Å². The van der Waals surface area contributed by atoms with E-state index in [-0.39, 0.29) is 12.1 Å². The fourth-order valence-electron chi connectivity index (χ4n) is 0.833. The van der Waals surface area contributed by atoms with Gasteiger partial charge in [0.1, 0.15) is 3.70 Å². The zero-order valence-corrected chi connectivity index (χ0v) is 10.1. The quantitative estimate of drug-likeness (QED) is 0.649. The van der Waals surface area contributed by atoms with Crippen LogP contribution in [0.15, 0.2) is 10.5 Å². The lowest BCUT2D eigenvalue weighted by Gasteiger charge is -2.06. The summed E-state index contributed by atoms with van der Waals surface area (Å²) in [6.45, 7) is 0.170. The Hall–Kier alpha value is 0.180. The van der Waals surface area contributed by atoms with Gasteiger partial charge in [0.25, 0.3) is 6.43 Å². The minimum absolute atomic E-state index is 0.0557. The summed E-state index contributed by atoms with van der Waals surface area (Å²) in [5, 5.41) is 0. The van der Waals surface area contributed by atoms with Crippen LogP contribution in [0.25, 0.3) is 0 Å². The number of halogens is 4. The molecule has 6 heteroatoms. The molecule has 0 atom stereocenters. The molecule has 0 aliphatic rings. The summed E-state index contributed by atoms with van der Waals surface area (Å²) in [4.78, 5) is 4.02. The van der Waals surface area contributed by atoms with Gasteiger partial charge in [-0.25, -0.2) is 13.8 Å². The molecule has 0 aromatic carbocycles. The molecule has 1 rings (SSSR count). The Kier molecular flexibility index (Phi) is 3.99. The van der Waals surface area contributed by atoms with Crippen molar-refractivity contribution in [2.75, 3.05) is 0 Å². The molecule has 72 valence electrons. The second-order valence-corrected chi connectivity index (χ2v) is 4.13. The van der Waals surface area contributed by atoms with E-state index < -0.39 is 6.43 Å². The number of rotatable bonds is 2. The molecule has 2 nitrogen and oxygen atoms in total. The average Bonchev–Trinajstić information content (AvgIpc) is 2.09.